The maximum atomic E-state index is 12.2. The zero-order chi connectivity index (χ0) is 14.0. The highest BCUT2D eigenvalue weighted by Gasteiger charge is 2.43. The summed E-state index contributed by atoms with van der Waals surface area (Å²) in [6.07, 6.45) is 1.25. The van der Waals surface area contributed by atoms with Crippen LogP contribution < -0.4 is 5.32 Å². The van der Waals surface area contributed by atoms with Crippen LogP contribution in [0.5, 0.6) is 0 Å². The van der Waals surface area contributed by atoms with E-state index in [0.717, 1.165) is 17.2 Å². The topological polar surface area (TPSA) is 79.3 Å². The van der Waals surface area contributed by atoms with Gasteiger partial charge in [0.2, 0.25) is 0 Å². The van der Waals surface area contributed by atoms with E-state index >= 15 is 0 Å². The van der Waals surface area contributed by atoms with Gasteiger partial charge in [-0.25, -0.2) is 9.78 Å². The van der Waals surface area contributed by atoms with Crippen molar-refractivity contribution in [3.8, 4) is 0 Å². The number of aliphatic carboxylic acids is 1. The Labute approximate surface area is 119 Å². The smallest absolute Gasteiger partial charge is 0.330 e. The maximum Gasteiger partial charge on any atom is 0.330 e. The molecule has 0 radical (unpaired) electrons. The number of hydrogen-bond acceptors (Lipinski definition) is 5. The first-order valence-electron chi connectivity index (χ1n) is 6.08. The third-order valence-electron chi connectivity index (χ3n) is 3.13. The summed E-state index contributed by atoms with van der Waals surface area (Å²) >= 11 is 2.89. The summed E-state index contributed by atoms with van der Waals surface area (Å²) in [7, 11) is 0. The summed E-state index contributed by atoms with van der Waals surface area (Å²) in [5.74, 6) is -0.0931. The summed E-state index contributed by atoms with van der Waals surface area (Å²) in [6.45, 7) is 3.76. The van der Waals surface area contributed by atoms with Crippen molar-refractivity contribution < 1.29 is 14.7 Å². The van der Waals surface area contributed by atoms with Gasteiger partial charge in [0.1, 0.15) is 10.4 Å². The second-order valence-electron chi connectivity index (χ2n) is 4.52. The molecular weight excluding hydrogens is 284 g/mol. The third kappa shape index (κ3) is 2.76. The highest BCUT2D eigenvalue weighted by molar-refractivity contribution is 7.99. The van der Waals surface area contributed by atoms with Gasteiger partial charge >= 0.3 is 5.97 Å². The van der Waals surface area contributed by atoms with Gasteiger partial charge in [-0.05, 0) is 25.5 Å². The maximum absolute atomic E-state index is 12.2. The molecule has 5 nitrogen and oxygen atoms in total. The van der Waals surface area contributed by atoms with Gasteiger partial charge < -0.3 is 10.4 Å². The van der Waals surface area contributed by atoms with Gasteiger partial charge in [-0.3, -0.25) is 4.79 Å². The number of carboxylic acids is 1. The lowest BCUT2D eigenvalue weighted by atomic mass is 9.99. The summed E-state index contributed by atoms with van der Waals surface area (Å²) in [6, 6.07) is 0. The lowest BCUT2D eigenvalue weighted by Gasteiger charge is -2.24. The number of carboxylic acid groups (broad SMARTS) is 1. The third-order valence-corrected chi connectivity index (χ3v) is 5.62. The zero-order valence-electron chi connectivity index (χ0n) is 10.9. The average molecular weight is 300 g/mol. The fourth-order valence-electron chi connectivity index (χ4n) is 1.97. The molecule has 1 aliphatic heterocycles. The predicted molar refractivity (Wildman–Crippen MR) is 76.0 cm³/mol. The van der Waals surface area contributed by atoms with Crippen molar-refractivity contribution in [2.75, 3.05) is 11.5 Å². The van der Waals surface area contributed by atoms with Gasteiger partial charge in [0.05, 0.1) is 10.7 Å². The van der Waals surface area contributed by atoms with Crippen LogP contribution in [0.1, 0.15) is 33.7 Å². The molecule has 0 aliphatic carbocycles. The van der Waals surface area contributed by atoms with Crippen molar-refractivity contribution in [2.45, 2.75) is 32.2 Å². The molecule has 0 bridgehead atoms. The van der Waals surface area contributed by atoms with Crippen LogP contribution in [0.3, 0.4) is 0 Å². The molecule has 2 heterocycles. The minimum atomic E-state index is -1.12. The molecule has 7 heteroatoms. The van der Waals surface area contributed by atoms with Gasteiger partial charge in [0.15, 0.2) is 0 Å². The van der Waals surface area contributed by atoms with E-state index in [1.54, 1.807) is 18.7 Å². The SMILES string of the molecule is CCc1nc(C)c(C(=O)NC2(C(=O)O)CCSC2)s1. The van der Waals surface area contributed by atoms with Crippen molar-refractivity contribution >= 4 is 35.0 Å². The van der Waals surface area contributed by atoms with Crippen LogP contribution in [0.25, 0.3) is 0 Å². The van der Waals surface area contributed by atoms with Crippen LogP contribution in [0, 0.1) is 6.92 Å². The Morgan fingerprint density at radius 2 is 2.26 bits per heavy atom. The summed E-state index contributed by atoms with van der Waals surface area (Å²) in [4.78, 5) is 28.5. The van der Waals surface area contributed by atoms with Crippen molar-refractivity contribution in [1.82, 2.24) is 10.3 Å². The van der Waals surface area contributed by atoms with E-state index in [2.05, 4.69) is 10.3 Å². The van der Waals surface area contributed by atoms with Gasteiger partial charge in [-0.2, -0.15) is 11.8 Å². The van der Waals surface area contributed by atoms with Crippen molar-refractivity contribution in [3.63, 3.8) is 0 Å². The van der Waals surface area contributed by atoms with Gasteiger partial charge in [0.25, 0.3) is 5.91 Å². The number of rotatable bonds is 4. The first-order chi connectivity index (χ1) is 8.98. The van der Waals surface area contributed by atoms with Crippen molar-refractivity contribution in [1.29, 1.82) is 0 Å². The number of thioether (sulfide) groups is 1. The number of nitrogens with zero attached hydrogens (tertiary/aromatic N) is 1. The first kappa shape index (κ1) is 14.3. The Kier molecular flexibility index (Phi) is 4.15. The van der Waals surface area contributed by atoms with E-state index in [1.165, 1.54) is 11.3 Å². The fourth-order valence-corrected chi connectivity index (χ4v) is 4.20. The zero-order valence-corrected chi connectivity index (χ0v) is 12.5. The Morgan fingerprint density at radius 3 is 2.74 bits per heavy atom. The molecular formula is C12H16N2O3S2. The van der Waals surface area contributed by atoms with Crippen LogP contribution >= 0.6 is 23.1 Å². The van der Waals surface area contributed by atoms with Crippen molar-refractivity contribution in [3.05, 3.63) is 15.6 Å². The Bertz CT molecular complexity index is 507. The second-order valence-corrected chi connectivity index (χ2v) is 6.71. The minimum Gasteiger partial charge on any atom is -0.479 e. The van der Waals surface area contributed by atoms with Crippen LogP contribution in [0.15, 0.2) is 0 Å². The molecule has 1 fully saturated rings. The van der Waals surface area contributed by atoms with Crippen LogP contribution in [0.4, 0.5) is 0 Å². The highest BCUT2D eigenvalue weighted by Crippen LogP contribution is 2.29. The Balaban J connectivity index is 2.20. The first-order valence-corrected chi connectivity index (χ1v) is 8.05. The summed E-state index contributed by atoms with van der Waals surface area (Å²) in [5, 5.41) is 12.9. The molecule has 0 aromatic carbocycles. The molecule has 2 N–H and O–H groups in total. The molecule has 0 spiro atoms. The van der Waals surface area contributed by atoms with Crippen molar-refractivity contribution in [2.24, 2.45) is 0 Å². The van der Waals surface area contributed by atoms with E-state index in [-0.39, 0.29) is 5.91 Å². The predicted octanol–water partition coefficient (Wildman–Crippen LogP) is 1.70. The minimum absolute atomic E-state index is 0.320. The standard InChI is InChI=1S/C12H16N2O3S2/c1-3-8-13-7(2)9(19-8)10(15)14-12(11(16)17)4-5-18-6-12/h3-6H2,1-2H3,(H,14,15)(H,16,17). The lowest BCUT2D eigenvalue weighted by molar-refractivity contribution is -0.143. The lowest BCUT2D eigenvalue weighted by Crippen LogP contribution is -2.54. The van der Waals surface area contributed by atoms with E-state index in [0.29, 0.717) is 22.7 Å². The Hall–Kier alpha value is -1.08. The largest absolute Gasteiger partial charge is 0.479 e. The van der Waals surface area contributed by atoms with Crippen LogP contribution in [-0.2, 0) is 11.2 Å². The van der Waals surface area contributed by atoms with E-state index in [4.69, 9.17) is 0 Å². The summed E-state index contributed by atoms with van der Waals surface area (Å²) in [5.41, 5.74) is -0.449. The number of thiazole rings is 1. The number of aromatic nitrogens is 1. The van der Waals surface area contributed by atoms with E-state index in [9.17, 15) is 14.7 Å². The molecule has 1 aromatic rings. The number of carbonyl (C=O) groups excluding carboxylic acids is 1. The monoisotopic (exact) mass is 300 g/mol. The molecule has 2 rings (SSSR count). The number of carbonyl (C=O) groups is 2. The Morgan fingerprint density at radius 1 is 1.53 bits per heavy atom. The molecule has 1 saturated heterocycles. The van der Waals surface area contributed by atoms with E-state index in [1.807, 2.05) is 6.92 Å². The molecule has 0 saturated carbocycles. The highest BCUT2D eigenvalue weighted by atomic mass is 32.2. The van der Waals surface area contributed by atoms with E-state index < -0.39 is 11.5 Å². The molecule has 1 amide bonds. The average Bonchev–Trinajstić information content (AvgIpc) is 2.96. The number of amides is 1. The van der Waals surface area contributed by atoms with Gasteiger partial charge in [-0.1, -0.05) is 6.92 Å². The van der Waals surface area contributed by atoms with Crippen LogP contribution in [-0.4, -0.2) is 39.0 Å². The molecule has 1 atom stereocenters. The second kappa shape index (κ2) is 5.50. The molecule has 1 aliphatic rings. The number of nitrogens with one attached hydrogen (secondary N) is 1. The molecule has 1 unspecified atom stereocenters. The molecule has 104 valence electrons. The van der Waals surface area contributed by atoms with Gasteiger partial charge in [0, 0.05) is 5.75 Å². The van der Waals surface area contributed by atoms with Crippen LogP contribution in [0.2, 0.25) is 0 Å². The quantitative estimate of drug-likeness (QED) is 0.885. The number of hydrogen-bond donors (Lipinski definition) is 2. The molecule has 1 aromatic heterocycles. The normalized spacial score (nSPS) is 22.4. The fraction of sp³-hybridized carbons (Fsp3) is 0.583. The summed E-state index contributed by atoms with van der Waals surface area (Å²) < 4.78 is 0. The number of aryl methyl sites for hydroxylation is 2. The van der Waals surface area contributed by atoms with Gasteiger partial charge in [-0.15, -0.1) is 11.3 Å². The molecule has 19 heavy (non-hydrogen) atoms.